The predicted octanol–water partition coefficient (Wildman–Crippen LogP) is 3.18. The van der Waals surface area contributed by atoms with Crippen molar-refractivity contribution in [3.63, 3.8) is 0 Å². The summed E-state index contributed by atoms with van der Waals surface area (Å²) < 4.78 is 5.59. The third-order valence-corrected chi connectivity index (χ3v) is 2.98. The third kappa shape index (κ3) is 2.54. The molecular weight excluding hydrogens is 202 g/mol. The van der Waals surface area contributed by atoms with Crippen LogP contribution in [0.2, 0.25) is 0 Å². The van der Waals surface area contributed by atoms with E-state index in [1.165, 1.54) is 11.1 Å². The number of azide groups is 1. The summed E-state index contributed by atoms with van der Waals surface area (Å²) in [6, 6.07) is 8.55. The van der Waals surface area contributed by atoms with Gasteiger partial charge in [0.15, 0.2) is 0 Å². The smallest absolute Gasteiger partial charge is 0.0638 e. The topological polar surface area (TPSA) is 58.0 Å². The van der Waals surface area contributed by atoms with Crippen molar-refractivity contribution in [2.75, 3.05) is 13.2 Å². The van der Waals surface area contributed by atoms with Crippen LogP contribution in [0.25, 0.3) is 10.4 Å². The van der Waals surface area contributed by atoms with E-state index in [9.17, 15) is 0 Å². The average Bonchev–Trinajstić information content (AvgIpc) is 2.76. The maximum atomic E-state index is 8.24. The van der Waals surface area contributed by atoms with Gasteiger partial charge in [-0.2, -0.15) is 0 Å². The fraction of sp³-hybridized carbons (Fsp3) is 0.500. The number of hydrogen-bond donors (Lipinski definition) is 0. The second-order valence-electron chi connectivity index (χ2n) is 4.21. The molecule has 2 unspecified atom stereocenters. The molecule has 1 aromatic rings. The van der Waals surface area contributed by atoms with Crippen LogP contribution in [-0.2, 0) is 4.74 Å². The van der Waals surface area contributed by atoms with Crippen LogP contribution in [0.15, 0.2) is 29.4 Å². The lowest BCUT2D eigenvalue weighted by Gasteiger charge is -2.08. The molecular formula is C12H15N3O. The van der Waals surface area contributed by atoms with Crippen molar-refractivity contribution in [2.24, 2.45) is 5.11 Å². The Hall–Kier alpha value is -1.51. The first-order chi connectivity index (χ1) is 7.79. The third-order valence-electron chi connectivity index (χ3n) is 2.98. The second-order valence-corrected chi connectivity index (χ2v) is 4.21. The standard InChI is InChI=1S/C12H15N3O/c1-9-2-4-10(5-3-9)11-6-12(16-8-11)7-14-15-13/h2-5,11-12H,6-8H2,1H3. The first kappa shape index (κ1) is 11.0. The zero-order chi connectivity index (χ0) is 11.4. The van der Waals surface area contributed by atoms with Crippen molar-refractivity contribution in [2.45, 2.75) is 25.4 Å². The van der Waals surface area contributed by atoms with Gasteiger partial charge in [0.1, 0.15) is 0 Å². The normalized spacial score (nSPS) is 24.1. The van der Waals surface area contributed by atoms with Crippen LogP contribution in [0, 0.1) is 6.92 Å². The molecule has 16 heavy (non-hydrogen) atoms. The molecule has 0 aromatic heterocycles. The first-order valence-electron chi connectivity index (χ1n) is 5.48. The van der Waals surface area contributed by atoms with Gasteiger partial charge in [-0.15, -0.1) is 0 Å². The van der Waals surface area contributed by atoms with Gasteiger partial charge in [-0.1, -0.05) is 34.9 Å². The van der Waals surface area contributed by atoms with Gasteiger partial charge in [0.25, 0.3) is 0 Å². The summed E-state index contributed by atoms with van der Waals surface area (Å²) >= 11 is 0. The molecule has 2 rings (SSSR count). The van der Waals surface area contributed by atoms with Crippen molar-refractivity contribution in [1.82, 2.24) is 0 Å². The molecule has 0 N–H and O–H groups in total. The molecule has 1 aromatic carbocycles. The van der Waals surface area contributed by atoms with E-state index in [4.69, 9.17) is 10.3 Å². The Kier molecular flexibility index (Phi) is 3.44. The van der Waals surface area contributed by atoms with Gasteiger partial charge in [0, 0.05) is 10.8 Å². The molecule has 1 heterocycles. The van der Waals surface area contributed by atoms with Gasteiger partial charge in [-0.05, 0) is 24.4 Å². The summed E-state index contributed by atoms with van der Waals surface area (Å²) in [5.74, 6) is 0.444. The molecule has 0 radical (unpaired) electrons. The predicted molar refractivity (Wildman–Crippen MR) is 62.3 cm³/mol. The minimum absolute atomic E-state index is 0.0854. The highest BCUT2D eigenvalue weighted by Crippen LogP contribution is 2.29. The Morgan fingerprint density at radius 2 is 2.19 bits per heavy atom. The number of benzene rings is 1. The van der Waals surface area contributed by atoms with Crippen molar-refractivity contribution in [3.05, 3.63) is 45.8 Å². The molecule has 4 nitrogen and oxygen atoms in total. The molecule has 0 bridgehead atoms. The molecule has 0 saturated carbocycles. The Balaban J connectivity index is 1.97. The summed E-state index contributed by atoms with van der Waals surface area (Å²) in [7, 11) is 0. The molecule has 1 aliphatic rings. The van der Waals surface area contributed by atoms with Gasteiger partial charge in [-0.3, -0.25) is 0 Å². The van der Waals surface area contributed by atoms with E-state index in [1.807, 2.05) is 0 Å². The average molecular weight is 217 g/mol. The Morgan fingerprint density at radius 3 is 2.88 bits per heavy atom. The van der Waals surface area contributed by atoms with Crippen LogP contribution in [0.5, 0.6) is 0 Å². The summed E-state index contributed by atoms with van der Waals surface area (Å²) in [6.07, 6.45) is 1.03. The lowest BCUT2D eigenvalue weighted by molar-refractivity contribution is 0.116. The minimum Gasteiger partial charge on any atom is -0.377 e. The second kappa shape index (κ2) is 5.01. The number of nitrogens with zero attached hydrogens (tertiary/aromatic N) is 3. The van der Waals surface area contributed by atoms with Crippen molar-refractivity contribution < 1.29 is 4.74 Å². The SMILES string of the molecule is Cc1ccc(C2COC(CN=[N+]=[N-])C2)cc1. The van der Waals surface area contributed by atoms with E-state index in [0.29, 0.717) is 12.5 Å². The highest BCUT2D eigenvalue weighted by atomic mass is 16.5. The first-order valence-corrected chi connectivity index (χ1v) is 5.48. The fourth-order valence-electron chi connectivity index (χ4n) is 2.03. The fourth-order valence-corrected chi connectivity index (χ4v) is 2.03. The van der Waals surface area contributed by atoms with Crippen LogP contribution >= 0.6 is 0 Å². The zero-order valence-corrected chi connectivity index (χ0v) is 9.34. The molecule has 0 spiro atoms. The molecule has 1 fully saturated rings. The molecule has 84 valence electrons. The molecule has 1 aliphatic heterocycles. The quantitative estimate of drug-likeness (QED) is 0.435. The Labute approximate surface area is 94.9 Å². The number of aryl methyl sites for hydroxylation is 1. The van der Waals surface area contributed by atoms with Gasteiger partial charge in [-0.25, -0.2) is 0 Å². The highest BCUT2D eigenvalue weighted by molar-refractivity contribution is 5.25. The zero-order valence-electron chi connectivity index (χ0n) is 9.34. The molecule has 1 saturated heterocycles. The van der Waals surface area contributed by atoms with E-state index in [2.05, 4.69) is 41.2 Å². The maximum Gasteiger partial charge on any atom is 0.0638 e. The molecule has 0 aliphatic carbocycles. The summed E-state index contributed by atoms with van der Waals surface area (Å²) in [6.45, 7) is 3.26. The lowest BCUT2D eigenvalue weighted by atomic mass is 9.95. The van der Waals surface area contributed by atoms with E-state index >= 15 is 0 Å². The number of rotatable bonds is 3. The van der Waals surface area contributed by atoms with Crippen molar-refractivity contribution in [3.8, 4) is 0 Å². The van der Waals surface area contributed by atoms with Crippen LogP contribution in [0.3, 0.4) is 0 Å². The van der Waals surface area contributed by atoms with Gasteiger partial charge in [0.05, 0.1) is 19.3 Å². The van der Waals surface area contributed by atoms with E-state index < -0.39 is 0 Å². The summed E-state index contributed by atoms with van der Waals surface area (Å²) in [5.41, 5.74) is 10.8. The molecule has 4 heteroatoms. The summed E-state index contributed by atoms with van der Waals surface area (Å²) in [4.78, 5) is 2.75. The largest absolute Gasteiger partial charge is 0.377 e. The van der Waals surface area contributed by atoms with Crippen LogP contribution < -0.4 is 0 Å². The number of ether oxygens (including phenoxy) is 1. The van der Waals surface area contributed by atoms with Gasteiger partial charge < -0.3 is 4.74 Å². The Morgan fingerprint density at radius 1 is 1.44 bits per heavy atom. The van der Waals surface area contributed by atoms with E-state index in [0.717, 1.165) is 13.0 Å². The lowest BCUT2D eigenvalue weighted by Crippen LogP contribution is -2.08. The monoisotopic (exact) mass is 217 g/mol. The maximum absolute atomic E-state index is 8.24. The van der Waals surface area contributed by atoms with E-state index in [-0.39, 0.29) is 6.10 Å². The molecule has 2 atom stereocenters. The minimum atomic E-state index is 0.0854. The number of hydrogen-bond acceptors (Lipinski definition) is 2. The van der Waals surface area contributed by atoms with E-state index in [1.54, 1.807) is 0 Å². The van der Waals surface area contributed by atoms with Gasteiger partial charge in [0.2, 0.25) is 0 Å². The Bertz CT molecular complexity index is 395. The summed E-state index contributed by atoms with van der Waals surface area (Å²) in [5, 5.41) is 3.55. The van der Waals surface area contributed by atoms with Crippen LogP contribution in [0.4, 0.5) is 0 Å². The van der Waals surface area contributed by atoms with Crippen LogP contribution in [0.1, 0.15) is 23.5 Å². The van der Waals surface area contributed by atoms with Crippen LogP contribution in [-0.4, -0.2) is 19.3 Å². The van der Waals surface area contributed by atoms with Crippen molar-refractivity contribution in [1.29, 1.82) is 0 Å². The van der Waals surface area contributed by atoms with Crippen molar-refractivity contribution >= 4 is 0 Å². The molecule has 0 amide bonds. The van der Waals surface area contributed by atoms with Gasteiger partial charge >= 0.3 is 0 Å². The highest BCUT2D eigenvalue weighted by Gasteiger charge is 2.25.